The Labute approximate surface area is 125 Å². The number of hydrogen-bond donors (Lipinski definition) is 2. The number of hydrogen-bond acceptors (Lipinski definition) is 4. The smallest absolute Gasteiger partial charge is 0.120 e. The van der Waals surface area contributed by atoms with Crippen LogP contribution in [-0.4, -0.2) is 16.6 Å². The Bertz CT molecular complexity index is 516. The molecule has 19 heavy (non-hydrogen) atoms. The highest BCUT2D eigenvalue weighted by molar-refractivity contribution is 9.10. The van der Waals surface area contributed by atoms with Gasteiger partial charge in [-0.3, -0.25) is 0 Å². The molecule has 0 spiro atoms. The number of thiazole rings is 1. The van der Waals surface area contributed by atoms with Gasteiger partial charge >= 0.3 is 0 Å². The van der Waals surface area contributed by atoms with Gasteiger partial charge in [-0.05, 0) is 24.6 Å². The SMILES string of the molecule is CCC(NCCc1cscn1)c1cc(Br)ccc1O. The van der Waals surface area contributed by atoms with Crippen molar-refractivity contribution in [2.24, 2.45) is 0 Å². The summed E-state index contributed by atoms with van der Waals surface area (Å²) in [6.07, 6.45) is 1.84. The lowest BCUT2D eigenvalue weighted by atomic mass is 10.0. The van der Waals surface area contributed by atoms with Crippen LogP contribution in [0, 0.1) is 0 Å². The van der Waals surface area contributed by atoms with Crippen molar-refractivity contribution in [2.45, 2.75) is 25.8 Å². The summed E-state index contributed by atoms with van der Waals surface area (Å²) in [5.74, 6) is 0.344. The molecule has 1 unspecified atom stereocenters. The van der Waals surface area contributed by atoms with E-state index >= 15 is 0 Å². The van der Waals surface area contributed by atoms with Gasteiger partial charge in [0, 0.05) is 34.4 Å². The van der Waals surface area contributed by atoms with Crippen LogP contribution in [0.25, 0.3) is 0 Å². The highest BCUT2D eigenvalue weighted by Crippen LogP contribution is 2.29. The summed E-state index contributed by atoms with van der Waals surface area (Å²) < 4.78 is 0.986. The largest absolute Gasteiger partial charge is 0.508 e. The molecule has 2 aromatic rings. The van der Waals surface area contributed by atoms with Crippen LogP contribution in [0.2, 0.25) is 0 Å². The Morgan fingerprint density at radius 3 is 3.00 bits per heavy atom. The summed E-state index contributed by atoms with van der Waals surface area (Å²) in [6, 6.07) is 5.71. The van der Waals surface area contributed by atoms with Gasteiger partial charge in [0.1, 0.15) is 5.75 Å². The molecule has 0 amide bonds. The van der Waals surface area contributed by atoms with Gasteiger partial charge in [0.2, 0.25) is 0 Å². The van der Waals surface area contributed by atoms with Gasteiger partial charge in [0.25, 0.3) is 0 Å². The fourth-order valence-electron chi connectivity index (χ4n) is 2.01. The van der Waals surface area contributed by atoms with E-state index in [1.165, 1.54) is 0 Å². The molecule has 3 nitrogen and oxygen atoms in total. The van der Waals surface area contributed by atoms with Crippen molar-refractivity contribution >= 4 is 27.3 Å². The molecule has 2 N–H and O–H groups in total. The van der Waals surface area contributed by atoms with Gasteiger partial charge in [-0.1, -0.05) is 22.9 Å². The number of nitrogens with zero attached hydrogens (tertiary/aromatic N) is 1. The van der Waals surface area contributed by atoms with Gasteiger partial charge in [-0.15, -0.1) is 11.3 Å². The van der Waals surface area contributed by atoms with Gasteiger partial charge in [0.05, 0.1) is 11.2 Å². The molecule has 1 aromatic carbocycles. The highest BCUT2D eigenvalue weighted by Gasteiger charge is 2.13. The number of phenols is 1. The Balaban J connectivity index is 1.97. The Kier molecular flexibility index (Phi) is 5.36. The van der Waals surface area contributed by atoms with E-state index in [0.29, 0.717) is 5.75 Å². The molecule has 0 aliphatic carbocycles. The minimum absolute atomic E-state index is 0.163. The first-order chi connectivity index (χ1) is 9.20. The molecular weight excluding hydrogens is 324 g/mol. The maximum Gasteiger partial charge on any atom is 0.120 e. The molecule has 102 valence electrons. The van der Waals surface area contributed by atoms with E-state index in [1.807, 2.05) is 17.6 Å². The van der Waals surface area contributed by atoms with Crippen LogP contribution >= 0.6 is 27.3 Å². The molecule has 0 aliphatic rings. The Morgan fingerprint density at radius 2 is 2.32 bits per heavy atom. The van der Waals surface area contributed by atoms with Gasteiger partial charge in [-0.2, -0.15) is 0 Å². The van der Waals surface area contributed by atoms with Crippen LogP contribution in [-0.2, 0) is 6.42 Å². The first-order valence-electron chi connectivity index (χ1n) is 6.29. The van der Waals surface area contributed by atoms with Crippen molar-refractivity contribution in [1.82, 2.24) is 10.3 Å². The fraction of sp³-hybridized carbons (Fsp3) is 0.357. The first kappa shape index (κ1) is 14.5. The molecule has 0 saturated carbocycles. The average Bonchev–Trinajstić information content (AvgIpc) is 2.91. The number of halogens is 1. The lowest BCUT2D eigenvalue weighted by Crippen LogP contribution is -2.23. The molecule has 0 fully saturated rings. The van der Waals surface area contributed by atoms with Crippen LogP contribution in [0.4, 0.5) is 0 Å². The molecule has 1 heterocycles. The topological polar surface area (TPSA) is 45.2 Å². The summed E-state index contributed by atoms with van der Waals surface area (Å²) in [6.45, 7) is 2.97. The van der Waals surface area contributed by atoms with Crippen molar-refractivity contribution in [3.8, 4) is 5.75 Å². The highest BCUT2D eigenvalue weighted by atomic mass is 79.9. The molecular formula is C14H17BrN2OS. The third-order valence-electron chi connectivity index (χ3n) is 3.03. The monoisotopic (exact) mass is 340 g/mol. The molecule has 2 rings (SSSR count). The summed E-state index contributed by atoms with van der Waals surface area (Å²) in [5.41, 5.74) is 3.91. The summed E-state index contributed by atoms with van der Waals surface area (Å²) in [4.78, 5) is 4.26. The Hall–Kier alpha value is -0.910. The minimum Gasteiger partial charge on any atom is -0.508 e. The van der Waals surface area contributed by atoms with Crippen LogP contribution in [0.1, 0.15) is 30.6 Å². The number of benzene rings is 1. The van der Waals surface area contributed by atoms with E-state index in [4.69, 9.17) is 0 Å². The number of aromatic nitrogens is 1. The van der Waals surface area contributed by atoms with Crippen LogP contribution in [0.3, 0.4) is 0 Å². The van der Waals surface area contributed by atoms with E-state index < -0.39 is 0 Å². The zero-order chi connectivity index (χ0) is 13.7. The predicted octanol–water partition coefficient (Wildman–Crippen LogP) is 3.89. The Morgan fingerprint density at radius 1 is 1.47 bits per heavy atom. The normalized spacial score (nSPS) is 12.5. The lowest BCUT2D eigenvalue weighted by Gasteiger charge is -2.18. The third kappa shape index (κ3) is 4.03. The van der Waals surface area contributed by atoms with Crippen molar-refractivity contribution in [3.05, 3.63) is 44.8 Å². The van der Waals surface area contributed by atoms with E-state index in [9.17, 15) is 5.11 Å². The molecule has 5 heteroatoms. The van der Waals surface area contributed by atoms with Crippen molar-refractivity contribution in [2.75, 3.05) is 6.54 Å². The fourth-order valence-corrected chi connectivity index (χ4v) is 2.99. The van der Waals surface area contributed by atoms with Crippen molar-refractivity contribution in [3.63, 3.8) is 0 Å². The average molecular weight is 341 g/mol. The number of nitrogens with one attached hydrogen (secondary N) is 1. The maximum atomic E-state index is 9.95. The zero-order valence-corrected chi connectivity index (χ0v) is 13.2. The molecule has 0 aliphatic heterocycles. The van der Waals surface area contributed by atoms with E-state index in [1.54, 1.807) is 17.4 Å². The van der Waals surface area contributed by atoms with Gasteiger partial charge < -0.3 is 10.4 Å². The zero-order valence-electron chi connectivity index (χ0n) is 10.8. The summed E-state index contributed by atoms with van der Waals surface area (Å²) >= 11 is 5.07. The number of aromatic hydroxyl groups is 1. The maximum absolute atomic E-state index is 9.95. The lowest BCUT2D eigenvalue weighted by molar-refractivity contribution is 0.442. The second-order valence-corrected chi connectivity index (χ2v) is 5.98. The summed E-state index contributed by atoms with van der Waals surface area (Å²) in [5, 5.41) is 15.5. The molecule has 0 bridgehead atoms. The van der Waals surface area contributed by atoms with E-state index in [-0.39, 0.29) is 6.04 Å². The molecule has 0 saturated heterocycles. The van der Waals surface area contributed by atoms with Crippen LogP contribution in [0.5, 0.6) is 5.75 Å². The first-order valence-corrected chi connectivity index (χ1v) is 8.03. The molecule has 1 aromatic heterocycles. The summed E-state index contributed by atoms with van der Waals surface area (Å²) in [7, 11) is 0. The van der Waals surface area contributed by atoms with E-state index in [0.717, 1.165) is 35.1 Å². The van der Waals surface area contributed by atoms with Gasteiger partial charge in [-0.25, -0.2) is 4.98 Å². The van der Waals surface area contributed by atoms with Crippen LogP contribution < -0.4 is 5.32 Å². The third-order valence-corrected chi connectivity index (χ3v) is 4.16. The predicted molar refractivity (Wildman–Crippen MR) is 82.7 cm³/mol. The standard InChI is InChI=1S/C14H17BrN2OS/c1-2-13(12-7-10(15)3-4-14(12)18)16-6-5-11-8-19-9-17-11/h3-4,7-9,13,16,18H,2,5-6H2,1H3. The van der Waals surface area contributed by atoms with E-state index in [2.05, 4.69) is 38.5 Å². The second kappa shape index (κ2) is 7.03. The molecule has 1 atom stereocenters. The van der Waals surface area contributed by atoms with Gasteiger partial charge in [0.15, 0.2) is 0 Å². The number of rotatable bonds is 6. The second-order valence-electron chi connectivity index (χ2n) is 4.35. The minimum atomic E-state index is 0.163. The molecule has 0 radical (unpaired) electrons. The quantitative estimate of drug-likeness (QED) is 0.838. The van der Waals surface area contributed by atoms with Crippen molar-refractivity contribution < 1.29 is 5.11 Å². The van der Waals surface area contributed by atoms with Crippen LogP contribution in [0.15, 0.2) is 33.6 Å². The van der Waals surface area contributed by atoms with Crippen molar-refractivity contribution in [1.29, 1.82) is 0 Å². The number of phenolic OH excluding ortho intramolecular Hbond substituents is 1.